The van der Waals surface area contributed by atoms with Gasteiger partial charge in [-0.25, -0.2) is 13.8 Å². The lowest BCUT2D eigenvalue weighted by Crippen LogP contribution is -2.35. The van der Waals surface area contributed by atoms with Crippen molar-refractivity contribution in [3.63, 3.8) is 0 Å². The van der Waals surface area contributed by atoms with Crippen LogP contribution in [-0.2, 0) is 10.0 Å². The molecule has 1 aliphatic heterocycles. The number of sulfonamides is 1. The summed E-state index contributed by atoms with van der Waals surface area (Å²) in [7, 11) is -3.53. The van der Waals surface area contributed by atoms with Gasteiger partial charge in [0, 0.05) is 24.4 Å². The molecule has 24 heavy (non-hydrogen) atoms. The Kier molecular flexibility index (Phi) is 5.30. The third kappa shape index (κ3) is 3.84. The van der Waals surface area contributed by atoms with E-state index in [2.05, 4.69) is 10.5 Å². The van der Waals surface area contributed by atoms with E-state index in [0.717, 1.165) is 50.7 Å². The molecule has 7 heteroatoms. The van der Waals surface area contributed by atoms with Gasteiger partial charge in [-0.1, -0.05) is 12.5 Å². The summed E-state index contributed by atoms with van der Waals surface area (Å²) in [5.41, 5.74) is 3.86. The number of nitrogens with one attached hydrogen (secondary N) is 1. The minimum Gasteiger partial charge on any atom is -0.267 e. The summed E-state index contributed by atoms with van der Waals surface area (Å²) < 4.78 is 26.9. The minimum absolute atomic E-state index is 0.172. The van der Waals surface area contributed by atoms with E-state index in [1.54, 1.807) is 18.2 Å². The van der Waals surface area contributed by atoms with Gasteiger partial charge in [0.2, 0.25) is 10.0 Å². The maximum absolute atomic E-state index is 12.7. The van der Waals surface area contributed by atoms with Gasteiger partial charge in [-0.2, -0.15) is 9.41 Å². The Morgan fingerprint density at radius 2 is 1.75 bits per heavy atom. The van der Waals surface area contributed by atoms with E-state index in [-0.39, 0.29) is 10.8 Å². The van der Waals surface area contributed by atoms with Crippen LogP contribution in [0.1, 0.15) is 55.3 Å². The van der Waals surface area contributed by atoms with Crippen molar-refractivity contribution in [3.8, 4) is 0 Å². The Balaban J connectivity index is 1.75. The molecule has 6 nitrogen and oxygen atoms in total. The average Bonchev–Trinajstić information content (AvgIpc) is 3.14. The molecular weight excluding hydrogens is 326 g/mol. The molecule has 0 atom stereocenters. The predicted molar refractivity (Wildman–Crippen MR) is 92.4 cm³/mol. The number of rotatable bonds is 4. The van der Waals surface area contributed by atoms with Crippen molar-refractivity contribution in [2.75, 3.05) is 13.1 Å². The van der Waals surface area contributed by atoms with Crippen molar-refractivity contribution in [1.82, 2.24) is 9.73 Å². The molecule has 1 aromatic carbocycles. The van der Waals surface area contributed by atoms with Gasteiger partial charge >= 0.3 is 0 Å². The van der Waals surface area contributed by atoms with E-state index in [0.29, 0.717) is 18.7 Å². The number of nitrogens with zero attached hydrogens (tertiary/aromatic N) is 2. The van der Waals surface area contributed by atoms with Crippen molar-refractivity contribution >= 4 is 21.6 Å². The van der Waals surface area contributed by atoms with Gasteiger partial charge in [0.1, 0.15) is 0 Å². The lowest BCUT2D eigenvalue weighted by atomic mass is 10.2. The predicted octanol–water partition coefficient (Wildman–Crippen LogP) is 2.52. The number of hydrazone groups is 1. The molecule has 0 radical (unpaired) electrons. The van der Waals surface area contributed by atoms with E-state index in [1.807, 2.05) is 0 Å². The first-order valence-corrected chi connectivity index (χ1v) is 9.97. The molecule has 2 fully saturated rings. The SMILES string of the molecule is O=C(NN=C1CCCC1)c1cccc(S(=O)(=O)N2CCCCC2)c1. The zero-order valence-corrected chi connectivity index (χ0v) is 14.5. The third-order valence-electron chi connectivity index (χ3n) is 4.55. The second-order valence-corrected chi connectivity index (χ2v) is 8.26. The normalized spacial score (nSPS) is 19.2. The Bertz CT molecular complexity index is 729. The van der Waals surface area contributed by atoms with Gasteiger partial charge in [-0.05, 0) is 56.7 Å². The van der Waals surface area contributed by atoms with E-state index in [4.69, 9.17) is 0 Å². The first kappa shape index (κ1) is 17.1. The number of carbonyl (C=O) groups is 1. The van der Waals surface area contributed by atoms with Crippen molar-refractivity contribution in [3.05, 3.63) is 29.8 Å². The van der Waals surface area contributed by atoms with E-state index in [1.165, 1.54) is 10.4 Å². The van der Waals surface area contributed by atoms with Crippen LogP contribution in [0.2, 0.25) is 0 Å². The molecule has 0 bridgehead atoms. The Labute approximate surface area is 143 Å². The number of benzene rings is 1. The number of carbonyl (C=O) groups excluding carboxylic acids is 1. The van der Waals surface area contributed by atoms with E-state index in [9.17, 15) is 13.2 Å². The highest BCUT2D eigenvalue weighted by molar-refractivity contribution is 7.89. The largest absolute Gasteiger partial charge is 0.271 e. The summed E-state index contributed by atoms with van der Waals surface area (Å²) in [6, 6.07) is 6.20. The zero-order valence-electron chi connectivity index (χ0n) is 13.7. The zero-order chi connectivity index (χ0) is 17.0. The molecule has 3 rings (SSSR count). The smallest absolute Gasteiger partial charge is 0.267 e. The summed E-state index contributed by atoms with van der Waals surface area (Å²) in [5.74, 6) is -0.370. The van der Waals surface area contributed by atoms with Crippen molar-refractivity contribution < 1.29 is 13.2 Å². The maximum Gasteiger partial charge on any atom is 0.271 e. The molecule has 0 unspecified atom stereocenters. The molecule has 2 aliphatic rings. The third-order valence-corrected chi connectivity index (χ3v) is 6.44. The molecule has 1 amide bonds. The summed E-state index contributed by atoms with van der Waals surface area (Å²) in [4.78, 5) is 12.4. The number of piperidine rings is 1. The van der Waals surface area contributed by atoms with Gasteiger partial charge in [0.25, 0.3) is 5.91 Å². The van der Waals surface area contributed by atoms with Crippen LogP contribution in [0.3, 0.4) is 0 Å². The van der Waals surface area contributed by atoms with Crippen LogP contribution in [0.25, 0.3) is 0 Å². The van der Waals surface area contributed by atoms with Gasteiger partial charge in [0.15, 0.2) is 0 Å². The lowest BCUT2D eigenvalue weighted by Gasteiger charge is -2.25. The Hall–Kier alpha value is -1.73. The fraction of sp³-hybridized carbons (Fsp3) is 0.529. The Morgan fingerprint density at radius 1 is 1.04 bits per heavy atom. The highest BCUT2D eigenvalue weighted by Crippen LogP contribution is 2.21. The number of hydrogen-bond donors (Lipinski definition) is 1. The monoisotopic (exact) mass is 349 g/mol. The standard InChI is InChI=1S/C17H23N3O3S/c21-17(19-18-15-8-2-3-9-15)14-7-6-10-16(13-14)24(22,23)20-11-4-1-5-12-20/h6-7,10,13H,1-5,8-9,11-12H2,(H,19,21). The van der Waals surface area contributed by atoms with E-state index < -0.39 is 10.0 Å². The second-order valence-electron chi connectivity index (χ2n) is 6.32. The van der Waals surface area contributed by atoms with Crippen LogP contribution < -0.4 is 5.43 Å². The van der Waals surface area contributed by atoms with Crippen LogP contribution in [0.5, 0.6) is 0 Å². The molecule has 1 saturated heterocycles. The molecule has 1 saturated carbocycles. The fourth-order valence-electron chi connectivity index (χ4n) is 3.14. The Morgan fingerprint density at radius 3 is 2.46 bits per heavy atom. The molecule has 0 aromatic heterocycles. The van der Waals surface area contributed by atoms with Gasteiger partial charge < -0.3 is 0 Å². The van der Waals surface area contributed by atoms with Crippen LogP contribution in [-0.4, -0.2) is 37.4 Å². The summed E-state index contributed by atoms with van der Waals surface area (Å²) >= 11 is 0. The van der Waals surface area contributed by atoms with Crippen LogP contribution >= 0.6 is 0 Å². The first-order valence-electron chi connectivity index (χ1n) is 8.53. The molecule has 1 aliphatic carbocycles. The van der Waals surface area contributed by atoms with Crippen LogP contribution in [0.15, 0.2) is 34.3 Å². The van der Waals surface area contributed by atoms with Gasteiger partial charge in [-0.15, -0.1) is 0 Å². The van der Waals surface area contributed by atoms with E-state index >= 15 is 0 Å². The average molecular weight is 349 g/mol. The summed E-state index contributed by atoms with van der Waals surface area (Å²) in [5, 5.41) is 4.14. The van der Waals surface area contributed by atoms with Crippen LogP contribution in [0, 0.1) is 0 Å². The van der Waals surface area contributed by atoms with Crippen LogP contribution in [0.4, 0.5) is 0 Å². The highest BCUT2D eigenvalue weighted by Gasteiger charge is 2.26. The maximum atomic E-state index is 12.7. The van der Waals surface area contributed by atoms with Gasteiger partial charge in [-0.3, -0.25) is 4.79 Å². The number of amides is 1. The quantitative estimate of drug-likeness (QED) is 0.848. The lowest BCUT2D eigenvalue weighted by molar-refractivity contribution is 0.0954. The second kappa shape index (κ2) is 7.44. The summed E-state index contributed by atoms with van der Waals surface area (Å²) in [6.07, 6.45) is 6.90. The molecule has 130 valence electrons. The van der Waals surface area contributed by atoms with Crippen molar-refractivity contribution in [2.45, 2.75) is 49.8 Å². The molecular formula is C17H23N3O3S. The molecule has 1 N–H and O–H groups in total. The minimum atomic E-state index is -3.53. The number of hydrogen-bond acceptors (Lipinski definition) is 4. The fourth-order valence-corrected chi connectivity index (χ4v) is 4.70. The molecule has 1 aromatic rings. The molecule has 1 heterocycles. The van der Waals surface area contributed by atoms with Crippen molar-refractivity contribution in [1.29, 1.82) is 0 Å². The first-order chi connectivity index (χ1) is 11.6. The topological polar surface area (TPSA) is 78.8 Å². The van der Waals surface area contributed by atoms with Crippen molar-refractivity contribution in [2.24, 2.45) is 5.10 Å². The highest BCUT2D eigenvalue weighted by atomic mass is 32.2. The van der Waals surface area contributed by atoms with Gasteiger partial charge in [0.05, 0.1) is 4.90 Å². The molecule has 0 spiro atoms. The summed E-state index contributed by atoms with van der Waals surface area (Å²) in [6.45, 7) is 1.10.